The summed E-state index contributed by atoms with van der Waals surface area (Å²) in [5.74, 6) is 2.13. The zero-order valence-corrected chi connectivity index (χ0v) is 19.0. The van der Waals surface area contributed by atoms with Crippen LogP contribution >= 0.6 is 24.0 Å². The van der Waals surface area contributed by atoms with Gasteiger partial charge in [0.25, 0.3) is 0 Å². The summed E-state index contributed by atoms with van der Waals surface area (Å²) in [5.41, 5.74) is 0. The van der Waals surface area contributed by atoms with Gasteiger partial charge in [0.1, 0.15) is 0 Å². The van der Waals surface area contributed by atoms with Gasteiger partial charge in [-0.3, -0.25) is 4.99 Å². The van der Waals surface area contributed by atoms with E-state index in [9.17, 15) is 8.42 Å². The highest BCUT2D eigenvalue weighted by Crippen LogP contribution is 2.29. The molecule has 1 heterocycles. The molecule has 0 radical (unpaired) electrons. The molecule has 148 valence electrons. The smallest absolute Gasteiger partial charge is 0.191 e. The molecule has 1 saturated heterocycles. The molecule has 2 unspecified atom stereocenters. The fraction of sp³-hybridized carbons (Fsp3) is 0.941. The van der Waals surface area contributed by atoms with Gasteiger partial charge in [-0.1, -0.05) is 13.8 Å². The fourth-order valence-corrected chi connectivity index (χ4v) is 5.36. The van der Waals surface area contributed by atoms with E-state index in [0.29, 0.717) is 56.4 Å². The Hall–Kier alpha value is -0.0900. The molecule has 6 nitrogen and oxygen atoms in total. The number of guanidine groups is 1. The van der Waals surface area contributed by atoms with Crippen molar-refractivity contribution in [3.63, 3.8) is 0 Å². The molecule has 0 amide bonds. The minimum absolute atomic E-state index is 0. The average molecular weight is 487 g/mol. The van der Waals surface area contributed by atoms with Crippen LogP contribution in [0.3, 0.4) is 0 Å². The molecule has 1 aliphatic carbocycles. The standard InChI is InChI=1S/C17H33N3O3S.HI/c1-13-9-14(2)11-15(10-13)20-16(18-3)19-12-17(24(4,21)22)5-7-23-8-6-17;/h13-15H,5-12H2,1-4H3,(H2,18,19,20);1H. The molecule has 0 aromatic carbocycles. The normalized spacial score (nSPS) is 30.2. The first kappa shape index (κ1) is 23.0. The monoisotopic (exact) mass is 487 g/mol. The Bertz CT molecular complexity index is 537. The summed E-state index contributed by atoms with van der Waals surface area (Å²) < 4.78 is 29.3. The third-order valence-corrected chi connectivity index (χ3v) is 7.64. The van der Waals surface area contributed by atoms with E-state index in [0.717, 1.165) is 12.8 Å². The average Bonchev–Trinajstić information content (AvgIpc) is 2.50. The Kier molecular flexibility index (Phi) is 8.93. The molecule has 0 spiro atoms. The SMILES string of the molecule is CN=C(NCC1(S(C)(=O)=O)CCOCC1)NC1CC(C)CC(C)C1.I. The zero-order chi connectivity index (χ0) is 17.8. The third kappa shape index (κ3) is 6.23. The van der Waals surface area contributed by atoms with E-state index in [1.54, 1.807) is 7.05 Å². The first-order chi connectivity index (χ1) is 11.3. The molecular weight excluding hydrogens is 453 g/mol. The van der Waals surface area contributed by atoms with Crippen LogP contribution in [-0.4, -0.2) is 58.2 Å². The van der Waals surface area contributed by atoms with E-state index < -0.39 is 14.6 Å². The Morgan fingerprint density at radius 3 is 2.20 bits per heavy atom. The van der Waals surface area contributed by atoms with Crippen LogP contribution < -0.4 is 10.6 Å². The van der Waals surface area contributed by atoms with Gasteiger partial charge in [0.05, 0.1) is 4.75 Å². The summed E-state index contributed by atoms with van der Waals surface area (Å²) in [5, 5.41) is 6.76. The van der Waals surface area contributed by atoms with Gasteiger partial charge < -0.3 is 15.4 Å². The molecule has 2 atom stereocenters. The lowest BCUT2D eigenvalue weighted by Crippen LogP contribution is -2.55. The lowest BCUT2D eigenvalue weighted by atomic mass is 9.80. The molecule has 2 N–H and O–H groups in total. The number of sulfone groups is 1. The molecule has 8 heteroatoms. The first-order valence-electron chi connectivity index (χ1n) is 9.00. The van der Waals surface area contributed by atoms with Crippen LogP contribution in [0.4, 0.5) is 0 Å². The number of nitrogens with zero attached hydrogens (tertiary/aromatic N) is 1. The van der Waals surface area contributed by atoms with Crippen molar-refractivity contribution in [1.29, 1.82) is 0 Å². The summed E-state index contributed by atoms with van der Waals surface area (Å²) in [4.78, 5) is 4.30. The highest BCUT2D eigenvalue weighted by Gasteiger charge is 2.42. The summed E-state index contributed by atoms with van der Waals surface area (Å²) in [6.07, 6.45) is 5.95. The van der Waals surface area contributed by atoms with Gasteiger partial charge in [-0.15, -0.1) is 24.0 Å². The molecule has 0 bridgehead atoms. The van der Waals surface area contributed by atoms with Crippen LogP contribution in [0.15, 0.2) is 4.99 Å². The Morgan fingerprint density at radius 1 is 1.16 bits per heavy atom. The minimum Gasteiger partial charge on any atom is -0.381 e. The molecule has 25 heavy (non-hydrogen) atoms. The van der Waals surface area contributed by atoms with Gasteiger partial charge in [-0.05, 0) is 43.9 Å². The van der Waals surface area contributed by atoms with Crippen LogP contribution in [0.2, 0.25) is 0 Å². The van der Waals surface area contributed by atoms with Crippen molar-refractivity contribution < 1.29 is 13.2 Å². The van der Waals surface area contributed by atoms with Crippen molar-refractivity contribution in [3.05, 3.63) is 0 Å². The Morgan fingerprint density at radius 2 is 1.72 bits per heavy atom. The first-order valence-corrected chi connectivity index (χ1v) is 10.9. The molecule has 1 aliphatic heterocycles. The maximum Gasteiger partial charge on any atom is 0.191 e. The van der Waals surface area contributed by atoms with Gasteiger partial charge in [-0.2, -0.15) is 0 Å². The third-order valence-electron chi connectivity index (χ3n) is 5.51. The maximum absolute atomic E-state index is 12.3. The van der Waals surface area contributed by atoms with E-state index in [1.807, 2.05) is 0 Å². The van der Waals surface area contributed by atoms with Gasteiger partial charge in [0.15, 0.2) is 15.8 Å². The van der Waals surface area contributed by atoms with Crippen molar-refractivity contribution >= 4 is 39.8 Å². The Balaban J connectivity index is 0.00000312. The van der Waals surface area contributed by atoms with E-state index in [1.165, 1.54) is 12.7 Å². The second-order valence-electron chi connectivity index (χ2n) is 7.75. The van der Waals surface area contributed by atoms with Crippen LogP contribution in [0.5, 0.6) is 0 Å². The molecule has 2 aliphatic rings. The predicted molar refractivity (Wildman–Crippen MR) is 114 cm³/mol. The van der Waals surface area contributed by atoms with Crippen molar-refractivity contribution in [2.45, 2.75) is 56.7 Å². The van der Waals surface area contributed by atoms with Crippen molar-refractivity contribution in [2.24, 2.45) is 16.8 Å². The maximum atomic E-state index is 12.3. The molecule has 2 fully saturated rings. The lowest BCUT2D eigenvalue weighted by Gasteiger charge is -2.37. The number of nitrogens with one attached hydrogen (secondary N) is 2. The zero-order valence-electron chi connectivity index (χ0n) is 15.9. The van der Waals surface area contributed by atoms with Crippen LogP contribution in [-0.2, 0) is 14.6 Å². The number of hydrogen-bond acceptors (Lipinski definition) is 4. The number of halogens is 1. The highest BCUT2D eigenvalue weighted by atomic mass is 127. The van der Waals surface area contributed by atoms with Crippen molar-refractivity contribution in [3.8, 4) is 0 Å². The number of aliphatic imine (C=N–C) groups is 1. The van der Waals surface area contributed by atoms with E-state index >= 15 is 0 Å². The van der Waals surface area contributed by atoms with Crippen LogP contribution in [0, 0.1) is 11.8 Å². The number of hydrogen-bond donors (Lipinski definition) is 2. The lowest BCUT2D eigenvalue weighted by molar-refractivity contribution is 0.0756. The van der Waals surface area contributed by atoms with E-state index in [2.05, 4.69) is 29.5 Å². The van der Waals surface area contributed by atoms with Crippen LogP contribution in [0.25, 0.3) is 0 Å². The summed E-state index contributed by atoms with van der Waals surface area (Å²) in [7, 11) is -1.43. The molecule has 2 rings (SSSR count). The second-order valence-corrected chi connectivity index (χ2v) is 10.2. The summed E-state index contributed by atoms with van der Waals surface area (Å²) in [6, 6.07) is 0.402. The number of rotatable bonds is 4. The quantitative estimate of drug-likeness (QED) is 0.361. The van der Waals surface area contributed by atoms with Crippen molar-refractivity contribution in [1.82, 2.24) is 10.6 Å². The van der Waals surface area contributed by atoms with Gasteiger partial charge >= 0.3 is 0 Å². The molecular formula is C17H34IN3O3S. The summed E-state index contributed by atoms with van der Waals surface area (Å²) >= 11 is 0. The highest BCUT2D eigenvalue weighted by molar-refractivity contribution is 14.0. The topological polar surface area (TPSA) is 79.8 Å². The molecule has 0 aromatic rings. The summed E-state index contributed by atoms with van der Waals surface area (Å²) in [6.45, 7) is 5.96. The molecule has 1 saturated carbocycles. The van der Waals surface area contributed by atoms with Crippen LogP contribution in [0.1, 0.15) is 46.0 Å². The van der Waals surface area contributed by atoms with Gasteiger partial charge in [0, 0.05) is 39.1 Å². The van der Waals surface area contributed by atoms with Gasteiger partial charge in [-0.25, -0.2) is 8.42 Å². The predicted octanol–water partition coefficient (Wildman–Crippen LogP) is 2.19. The number of ether oxygens (including phenoxy) is 1. The largest absolute Gasteiger partial charge is 0.381 e. The van der Waals surface area contributed by atoms with Gasteiger partial charge in [0.2, 0.25) is 0 Å². The van der Waals surface area contributed by atoms with Crippen molar-refractivity contribution in [2.75, 3.05) is 33.1 Å². The minimum atomic E-state index is -3.17. The van der Waals surface area contributed by atoms with E-state index in [-0.39, 0.29) is 24.0 Å². The fourth-order valence-electron chi connectivity index (χ4n) is 4.12. The Labute approximate surface area is 169 Å². The second kappa shape index (κ2) is 9.73. The molecule has 0 aromatic heterocycles. The van der Waals surface area contributed by atoms with E-state index in [4.69, 9.17) is 4.74 Å².